The van der Waals surface area contributed by atoms with E-state index in [2.05, 4.69) is 32.3 Å². The first-order chi connectivity index (χ1) is 15.7. The van der Waals surface area contributed by atoms with Crippen LogP contribution in [0.15, 0.2) is 67.0 Å². The van der Waals surface area contributed by atoms with E-state index in [0.29, 0.717) is 24.8 Å². The highest BCUT2D eigenvalue weighted by Crippen LogP contribution is 2.31. The van der Waals surface area contributed by atoms with Gasteiger partial charge in [0.15, 0.2) is 5.82 Å². The number of carbonyl (C=O) groups is 1. The molecule has 6 heteroatoms. The first-order valence-electron chi connectivity index (χ1n) is 11.3. The molecule has 1 aromatic heterocycles. The number of hydrogen-bond donors (Lipinski definition) is 1. The fourth-order valence-electron chi connectivity index (χ4n) is 4.00. The quantitative estimate of drug-likeness (QED) is 0.532. The predicted octanol–water partition coefficient (Wildman–Crippen LogP) is 4.54. The molecule has 2 aromatic carbocycles. The summed E-state index contributed by atoms with van der Waals surface area (Å²) >= 11 is 0. The number of amides is 1. The highest BCUT2D eigenvalue weighted by molar-refractivity contribution is 5.79. The van der Waals surface area contributed by atoms with Crippen molar-refractivity contribution < 1.29 is 9.53 Å². The Morgan fingerprint density at radius 3 is 2.69 bits per heavy atom. The molecule has 166 valence electrons. The maximum absolute atomic E-state index is 12.8. The average molecular weight is 431 g/mol. The Morgan fingerprint density at radius 2 is 1.88 bits per heavy atom. The molecule has 1 fully saturated rings. The van der Waals surface area contributed by atoms with Gasteiger partial charge in [-0.15, -0.1) is 0 Å². The van der Waals surface area contributed by atoms with Crippen molar-refractivity contribution in [2.45, 2.75) is 32.6 Å². The van der Waals surface area contributed by atoms with Crippen molar-refractivity contribution in [3.8, 4) is 11.6 Å². The third-order valence-corrected chi connectivity index (χ3v) is 5.76. The third-order valence-electron chi connectivity index (χ3n) is 5.76. The maximum Gasteiger partial charge on any atom is 0.263 e. The number of benzene rings is 2. The lowest BCUT2D eigenvalue weighted by molar-refractivity contribution is -0.125. The van der Waals surface area contributed by atoms with E-state index in [9.17, 15) is 4.79 Å². The number of ether oxygens (including phenoxy) is 1. The molecule has 6 nitrogen and oxygen atoms in total. The van der Waals surface area contributed by atoms with Gasteiger partial charge in [0.25, 0.3) is 5.88 Å². The van der Waals surface area contributed by atoms with Crippen molar-refractivity contribution in [3.63, 3.8) is 0 Å². The molecule has 1 amide bonds. The summed E-state index contributed by atoms with van der Waals surface area (Å²) in [4.78, 5) is 23.8. The van der Waals surface area contributed by atoms with Crippen LogP contribution in [-0.4, -0.2) is 35.5 Å². The van der Waals surface area contributed by atoms with Gasteiger partial charge in [-0.3, -0.25) is 4.79 Å². The number of nitrogens with zero attached hydrogens (tertiary/aromatic N) is 3. The van der Waals surface area contributed by atoms with Crippen LogP contribution in [0.3, 0.4) is 0 Å². The van der Waals surface area contributed by atoms with Gasteiger partial charge in [0.1, 0.15) is 5.75 Å². The topological polar surface area (TPSA) is 67.4 Å². The standard InChI is InChI=1S/C26H30N4O2/c1-20-11-13-23(14-12-20)32-26-24(27-16-17-29-26)30-18-6-10-22(19-30)25(31)28-15-5-9-21-7-3-2-4-8-21/h2-4,7-8,11-14,16-17,22H,5-6,9-10,15,18-19H2,1H3,(H,28,31)/t22-/m0/s1. The highest BCUT2D eigenvalue weighted by Gasteiger charge is 2.28. The number of carbonyl (C=O) groups excluding carboxylic acids is 1. The second-order valence-corrected chi connectivity index (χ2v) is 8.27. The van der Waals surface area contributed by atoms with E-state index in [-0.39, 0.29) is 11.8 Å². The van der Waals surface area contributed by atoms with Crippen molar-refractivity contribution >= 4 is 11.7 Å². The monoisotopic (exact) mass is 430 g/mol. The van der Waals surface area contributed by atoms with Crippen molar-refractivity contribution in [1.29, 1.82) is 0 Å². The summed E-state index contributed by atoms with van der Waals surface area (Å²) in [6.07, 6.45) is 7.03. The maximum atomic E-state index is 12.8. The lowest BCUT2D eigenvalue weighted by Gasteiger charge is -2.33. The zero-order chi connectivity index (χ0) is 22.2. The number of anilines is 1. The van der Waals surface area contributed by atoms with Crippen molar-refractivity contribution in [2.24, 2.45) is 5.92 Å². The van der Waals surface area contributed by atoms with E-state index in [0.717, 1.165) is 38.0 Å². The largest absolute Gasteiger partial charge is 0.436 e. The molecule has 0 bridgehead atoms. The Kier molecular flexibility index (Phi) is 7.33. The Balaban J connectivity index is 1.33. The third kappa shape index (κ3) is 5.84. The molecular weight excluding hydrogens is 400 g/mol. The van der Waals surface area contributed by atoms with Crippen LogP contribution in [0.5, 0.6) is 11.6 Å². The molecule has 0 radical (unpaired) electrons. The molecule has 3 aromatic rings. The molecule has 1 aliphatic rings. The number of piperidine rings is 1. The molecule has 0 aliphatic carbocycles. The molecule has 0 saturated carbocycles. The summed E-state index contributed by atoms with van der Waals surface area (Å²) in [6, 6.07) is 18.2. The summed E-state index contributed by atoms with van der Waals surface area (Å²) in [5, 5.41) is 3.12. The normalized spacial score (nSPS) is 15.9. The minimum Gasteiger partial charge on any atom is -0.436 e. The average Bonchev–Trinajstić information content (AvgIpc) is 2.84. The van der Waals surface area contributed by atoms with Crippen LogP contribution < -0.4 is 15.0 Å². The molecule has 1 N–H and O–H groups in total. The van der Waals surface area contributed by atoms with Gasteiger partial charge in [-0.1, -0.05) is 48.0 Å². The minimum absolute atomic E-state index is 0.0605. The van der Waals surface area contributed by atoms with Gasteiger partial charge in [0.05, 0.1) is 5.92 Å². The molecular formula is C26H30N4O2. The fraction of sp³-hybridized carbons (Fsp3) is 0.346. The van der Waals surface area contributed by atoms with E-state index in [4.69, 9.17) is 4.74 Å². The van der Waals surface area contributed by atoms with Crippen LogP contribution >= 0.6 is 0 Å². The van der Waals surface area contributed by atoms with Crippen molar-refractivity contribution in [1.82, 2.24) is 15.3 Å². The van der Waals surface area contributed by atoms with E-state index in [1.165, 1.54) is 11.1 Å². The molecule has 32 heavy (non-hydrogen) atoms. The molecule has 2 heterocycles. The number of aryl methyl sites for hydroxylation is 2. The van der Waals surface area contributed by atoms with Crippen LogP contribution in [0.1, 0.15) is 30.4 Å². The number of hydrogen-bond acceptors (Lipinski definition) is 5. The molecule has 4 rings (SSSR count). The van der Waals surface area contributed by atoms with Crippen LogP contribution in [0.4, 0.5) is 5.82 Å². The summed E-state index contributed by atoms with van der Waals surface area (Å²) in [5.41, 5.74) is 2.47. The summed E-state index contributed by atoms with van der Waals surface area (Å²) in [6.45, 7) is 4.18. The molecule has 0 unspecified atom stereocenters. The van der Waals surface area contributed by atoms with E-state index >= 15 is 0 Å². The second kappa shape index (κ2) is 10.8. The van der Waals surface area contributed by atoms with E-state index < -0.39 is 0 Å². The van der Waals surface area contributed by atoms with E-state index in [1.807, 2.05) is 49.4 Å². The van der Waals surface area contributed by atoms with Crippen LogP contribution in [-0.2, 0) is 11.2 Å². The molecule has 0 spiro atoms. The molecule has 1 atom stereocenters. The van der Waals surface area contributed by atoms with Gasteiger partial charge >= 0.3 is 0 Å². The second-order valence-electron chi connectivity index (χ2n) is 8.27. The van der Waals surface area contributed by atoms with Gasteiger partial charge < -0.3 is 15.0 Å². The predicted molar refractivity (Wildman–Crippen MR) is 126 cm³/mol. The number of nitrogens with one attached hydrogen (secondary N) is 1. The number of rotatable bonds is 8. The SMILES string of the molecule is Cc1ccc(Oc2nccnc2N2CCC[C@H](C(=O)NCCCc3ccccc3)C2)cc1. The van der Waals surface area contributed by atoms with Crippen molar-refractivity contribution in [2.75, 3.05) is 24.5 Å². The van der Waals surface area contributed by atoms with Gasteiger partial charge in [-0.05, 0) is 50.3 Å². The van der Waals surface area contributed by atoms with E-state index in [1.54, 1.807) is 12.4 Å². The van der Waals surface area contributed by atoms with Gasteiger partial charge in [0.2, 0.25) is 5.91 Å². The van der Waals surface area contributed by atoms with Gasteiger partial charge in [-0.2, -0.15) is 0 Å². The highest BCUT2D eigenvalue weighted by atomic mass is 16.5. The zero-order valence-electron chi connectivity index (χ0n) is 18.5. The van der Waals surface area contributed by atoms with Crippen LogP contribution in [0.25, 0.3) is 0 Å². The lowest BCUT2D eigenvalue weighted by Crippen LogP contribution is -2.43. The lowest BCUT2D eigenvalue weighted by atomic mass is 9.97. The molecule has 1 aliphatic heterocycles. The van der Waals surface area contributed by atoms with Gasteiger partial charge in [0, 0.05) is 32.0 Å². The summed E-state index contributed by atoms with van der Waals surface area (Å²) < 4.78 is 6.02. The first kappa shape index (κ1) is 21.8. The summed E-state index contributed by atoms with van der Waals surface area (Å²) in [7, 11) is 0. The van der Waals surface area contributed by atoms with Crippen LogP contribution in [0.2, 0.25) is 0 Å². The zero-order valence-corrected chi connectivity index (χ0v) is 18.5. The smallest absolute Gasteiger partial charge is 0.263 e. The Morgan fingerprint density at radius 1 is 1.09 bits per heavy atom. The Hall–Kier alpha value is -3.41. The van der Waals surface area contributed by atoms with Crippen LogP contribution in [0, 0.1) is 12.8 Å². The summed E-state index contributed by atoms with van der Waals surface area (Å²) in [5.74, 6) is 1.94. The number of aromatic nitrogens is 2. The minimum atomic E-state index is -0.0605. The van der Waals surface area contributed by atoms with Crippen molar-refractivity contribution in [3.05, 3.63) is 78.1 Å². The fourth-order valence-corrected chi connectivity index (χ4v) is 4.00. The first-order valence-corrected chi connectivity index (χ1v) is 11.3. The Labute approximate surface area is 189 Å². The van der Waals surface area contributed by atoms with Gasteiger partial charge in [-0.25, -0.2) is 9.97 Å². The Bertz CT molecular complexity index is 1010. The molecule has 1 saturated heterocycles.